The summed E-state index contributed by atoms with van der Waals surface area (Å²) in [5, 5.41) is 23.4. The van der Waals surface area contributed by atoms with E-state index in [1.54, 1.807) is 8.87 Å². The van der Waals surface area contributed by atoms with Gasteiger partial charge < -0.3 is 15.3 Å². The Bertz CT molecular complexity index is 376. The van der Waals surface area contributed by atoms with Gasteiger partial charge in [0, 0.05) is 17.2 Å². The molecule has 0 aromatic rings. The zero-order valence-corrected chi connectivity index (χ0v) is 19.4. The number of rotatable bonds is 9. The van der Waals surface area contributed by atoms with Crippen LogP contribution < -0.4 is 0 Å². The normalized spacial score (nSPS) is 8.15. The molecular weight excluding hydrogens is 443 g/mol. The maximum absolute atomic E-state index is 9.60. The minimum atomic E-state index is -0.981. The van der Waals surface area contributed by atoms with E-state index in [-0.39, 0.29) is 32.3 Å². The zero-order valence-electron chi connectivity index (χ0n) is 16.5. The topological polar surface area (TPSA) is 112 Å². The van der Waals surface area contributed by atoms with E-state index in [0.29, 0.717) is 0 Å². The quantitative estimate of drug-likeness (QED) is 0.253. The van der Waals surface area contributed by atoms with Gasteiger partial charge in [-0.1, -0.05) is 19.7 Å². The van der Waals surface area contributed by atoms with E-state index in [9.17, 15) is 14.4 Å². The first-order valence-electron chi connectivity index (χ1n) is 8.31. The molecule has 6 nitrogen and oxygen atoms in total. The van der Waals surface area contributed by atoms with Gasteiger partial charge in [0.25, 0.3) is 0 Å². The fraction of sp³-hybridized carbons (Fsp3) is 0.526. The molecule has 0 aromatic carbocycles. The van der Waals surface area contributed by atoms with E-state index >= 15 is 0 Å². The molecule has 0 rings (SSSR count). The molecule has 0 spiro atoms. The molecule has 0 aliphatic rings. The van der Waals surface area contributed by atoms with Gasteiger partial charge in [0.2, 0.25) is 0 Å². The molecule has 0 atom stereocenters. The van der Waals surface area contributed by atoms with Crippen molar-refractivity contribution in [3.05, 3.63) is 37.0 Å². The summed E-state index contributed by atoms with van der Waals surface area (Å²) < 4.78 is 3.25. The Morgan fingerprint density at radius 3 is 1.19 bits per heavy atom. The van der Waals surface area contributed by atoms with Gasteiger partial charge in [0.1, 0.15) is 0 Å². The Balaban J connectivity index is -0.000000128. The summed E-state index contributed by atoms with van der Waals surface area (Å²) in [6.45, 7) is 16.7. The Kier molecular flexibility index (Phi) is 31.7. The van der Waals surface area contributed by atoms with Crippen LogP contribution in [0.3, 0.4) is 0 Å². The van der Waals surface area contributed by atoms with Gasteiger partial charge in [-0.05, 0) is 13.8 Å². The molecule has 2 radical (unpaired) electrons. The van der Waals surface area contributed by atoms with Crippen LogP contribution in [0.4, 0.5) is 0 Å². The number of carbonyl (C=O) groups is 3. The van der Waals surface area contributed by atoms with Crippen molar-refractivity contribution in [2.75, 3.05) is 0 Å². The van der Waals surface area contributed by atoms with E-state index in [0.717, 1.165) is 6.08 Å². The van der Waals surface area contributed by atoms with Crippen molar-refractivity contribution >= 4 is 39.1 Å². The van der Waals surface area contributed by atoms with Crippen LogP contribution in [0.25, 0.3) is 0 Å². The second-order valence-electron chi connectivity index (χ2n) is 5.17. The standard InChI is InChI=1S/2C4H6O2.2C4H9.C3H4O2.Sn/c2*1-3(2)4(5)6;2*1-3-4-2;1-2-3(4)5;/h2*1H2,2H3,(H,5,6);2*1,3-4H2,2H3;2H,1H2,(H,4,5);. The summed E-state index contributed by atoms with van der Waals surface area (Å²) in [5.74, 6) is -2.85. The van der Waals surface area contributed by atoms with Gasteiger partial charge in [-0.25, -0.2) is 14.4 Å². The molecule has 0 aromatic heterocycles. The molecule has 150 valence electrons. The van der Waals surface area contributed by atoms with Crippen LogP contribution in [0.15, 0.2) is 37.0 Å². The number of aliphatic carboxylic acids is 3. The number of carboxylic acid groups (broad SMARTS) is 3. The maximum atomic E-state index is 9.60. The number of hydrogen-bond acceptors (Lipinski definition) is 3. The van der Waals surface area contributed by atoms with Gasteiger partial charge in [-0.2, -0.15) is 0 Å². The van der Waals surface area contributed by atoms with E-state index < -0.39 is 17.9 Å². The summed E-state index contributed by atoms with van der Waals surface area (Å²) in [6.07, 6.45) is 6.67. The van der Waals surface area contributed by atoms with Gasteiger partial charge in [0.15, 0.2) is 0 Å². The Morgan fingerprint density at radius 2 is 1.08 bits per heavy atom. The molecule has 3 N–H and O–H groups in total. The molecule has 0 unspecified atom stereocenters. The number of unbranched alkanes of at least 4 members (excludes halogenated alkanes) is 2. The van der Waals surface area contributed by atoms with Gasteiger partial charge in [-0.3, -0.25) is 0 Å². The fourth-order valence-corrected chi connectivity index (χ4v) is 4.89. The van der Waals surface area contributed by atoms with Gasteiger partial charge >= 0.3 is 87.5 Å². The molecular formula is C19H34O6Sn. The Morgan fingerprint density at radius 1 is 0.846 bits per heavy atom. The third-order valence-electron chi connectivity index (χ3n) is 2.32. The molecule has 0 heterocycles. The van der Waals surface area contributed by atoms with E-state index in [4.69, 9.17) is 15.3 Å². The van der Waals surface area contributed by atoms with Crippen LogP contribution in [-0.2, 0) is 14.4 Å². The monoisotopic (exact) mass is 478 g/mol. The zero-order chi connectivity index (χ0) is 21.5. The first-order chi connectivity index (χ1) is 12.0. The SMILES string of the molecule is C=C(C)C(=O)O.C=C(C)C(=O)O.C=CC(=O)O.CCC[CH2][Sn][CH2]CCC. The summed E-state index contributed by atoms with van der Waals surface area (Å²) in [5.41, 5.74) is 0.352. The third-order valence-corrected chi connectivity index (χ3v) is 6.36. The van der Waals surface area contributed by atoms with Crippen molar-refractivity contribution in [3.63, 3.8) is 0 Å². The predicted octanol–water partition coefficient (Wildman–Crippen LogP) is 4.68. The first kappa shape index (κ1) is 32.1. The van der Waals surface area contributed by atoms with E-state index in [1.807, 2.05) is 0 Å². The Labute approximate surface area is 167 Å². The first-order valence-corrected chi connectivity index (χ1v) is 12.3. The van der Waals surface area contributed by atoms with Gasteiger partial charge in [0.05, 0.1) is 0 Å². The van der Waals surface area contributed by atoms with E-state index in [1.165, 1.54) is 39.5 Å². The van der Waals surface area contributed by atoms with Crippen LogP contribution in [0.2, 0.25) is 8.87 Å². The molecule has 0 aliphatic carbocycles. The predicted molar refractivity (Wildman–Crippen MR) is 108 cm³/mol. The summed E-state index contributed by atoms with van der Waals surface area (Å²) in [7, 11) is 0. The molecule has 0 saturated heterocycles. The third kappa shape index (κ3) is 49.5. The van der Waals surface area contributed by atoms with Crippen molar-refractivity contribution in [1.82, 2.24) is 0 Å². The van der Waals surface area contributed by atoms with Gasteiger partial charge in [-0.15, -0.1) is 0 Å². The fourth-order valence-electron chi connectivity index (χ4n) is 0.729. The van der Waals surface area contributed by atoms with Crippen molar-refractivity contribution in [2.24, 2.45) is 0 Å². The van der Waals surface area contributed by atoms with Crippen LogP contribution in [0.5, 0.6) is 0 Å². The minimum absolute atomic E-state index is 0.149. The van der Waals surface area contributed by atoms with Crippen LogP contribution in [0, 0.1) is 0 Å². The average Bonchev–Trinajstić information content (AvgIpc) is 2.56. The second kappa shape index (κ2) is 25.7. The van der Waals surface area contributed by atoms with E-state index in [2.05, 4.69) is 33.6 Å². The van der Waals surface area contributed by atoms with Crippen LogP contribution >= 0.6 is 0 Å². The molecule has 26 heavy (non-hydrogen) atoms. The van der Waals surface area contributed by atoms with Crippen LogP contribution in [-0.4, -0.2) is 54.4 Å². The van der Waals surface area contributed by atoms with Crippen molar-refractivity contribution in [1.29, 1.82) is 0 Å². The van der Waals surface area contributed by atoms with Crippen molar-refractivity contribution < 1.29 is 29.7 Å². The summed E-state index contributed by atoms with van der Waals surface area (Å²) in [4.78, 5) is 28.4. The average molecular weight is 477 g/mol. The molecule has 0 bridgehead atoms. The summed E-state index contributed by atoms with van der Waals surface area (Å²) >= 11 is 0.149. The Hall–Kier alpha value is -1.57. The van der Waals surface area contributed by atoms with Crippen molar-refractivity contribution in [3.8, 4) is 0 Å². The summed E-state index contributed by atoms with van der Waals surface area (Å²) in [6, 6.07) is 0. The van der Waals surface area contributed by atoms with Crippen molar-refractivity contribution in [2.45, 2.75) is 62.3 Å². The molecule has 0 saturated carbocycles. The second-order valence-corrected chi connectivity index (χ2v) is 9.45. The number of carboxylic acids is 3. The molecule has 0 amide bonds. The molecule has 7 heteroatoms. The number of hydrogen-bond donors (Lipinski definition) is 3. The molecule has 0 fully saturated rings. The van der Waals surface area contributed by atoms with Crippen LogP contribution in [0.1, 0.15) is 53.4 Å². The molecule has 0 aliphatic heterocycles.